The molecule has 0 unspecified atom stereocenters. The van der Waals surface area contributed by atoms with Gasteiger partial charge < -0.3 is 15.0 Å². The minimum atomic E-state index is -0.292. The van der Waals surface area contributed by atoms with Crippen LogP contribution in [0.1, 0.15) is 39.0 Å². The van der Waals surface area contributed by atoms with Gasteiger partial charge in [-0.25, -0.2) is 4.79 Å². The van der Waals surface area contributed by atoms with E-state index in [1.807, 2.05) is 6.07 Å². The molecule has 0 saturated carbocycles. The lowest BCUT2D eigenvalue weighted by Crippen LogP contribution is -2.19. The van der Waals surface area contributed by atoms with E-state index in [1.165, 1.54) is 32.7 Å². The zero-order valence-electron chi connectivity index (χ0n) is 17.1. The van der Waals surface area contributed by atoms with E-state index in [-0.39, 0.29) is 5.97 Å². The second-order valence-corrected chi connectivity index (χ2v) is 8.50. The largest absolute Gasteiger partial charge is 0.451 e. The van der Waals surface area contributed by atoms with Gasteiger partial charge in [0.1, 0.15) is 5.94 Å². The summed E-state index contributed by atoms with van der Waals surface area (Å²) in [5, 5.41) is 4.24. The summed E-state index contributed by atoms with van der Waals surface area (Å²) in [6, 6.07) is 10.6. The zero-order chi connectivity index (χ0) is 20.4. The quantitative estimate of drug-likeness (QED) is 0.339. The van der Waals surface area contributed by atoms with Gasteiger partial charge in [0.2, 0.25) is 0 Å². The van der Waals surface area contributed by atoms with Crippen LogP contribution in [0, 0.1) is 20.8 Å². The average Bonchev–Trinajstić information content (AvgIpc) is 3.14. The van der Waals surface area contributed by atoms with E-state index in [2.05, 4.69) is 61.4 Å². The van der Waals surface area contributed by atoms with Crippen LogP contribution in [0.2, 0.25) is 0 Å². The summed E-state index contributed by atoms with van der Waals surface area (Å²) in [4.78, 5) is 17.1. The van der Waals surface area contributed by atoms with Crippen molar-refractivity contribution in [3.63, 3.8) is 0 Å². The molecular weight excluding hydrogens is 380 g/mol. The van der Waals surface area contributed by atoms with E-state index in [9.17, 15) is 4.79 Å². The normalized spacial score (nSPS) is 14.1. The van der Waals surface area contributed by atoms with Gasteiger partial charge in [-0.15, -0.1) is 0 Å². The van der Waals surface area contributed by atoms with Gasteiger partial charge in [-0.05, 0) is 62.1 Å². The molecule has 2 aromatic carbocycles. The SMILES string of the molecule is Cc1cc(C)c(SCOC(=O)c2c[nH]c3cc(C4=CCNCC4)ccc23)c(C)c1. The Morgan fingerprint density at radius 3 is 2.66 bits per heavy atom. The van der Waals surface area contributed by atoms with E-state index >= 15 is 0 Å². The zero-order valence-corrected chi connectivity index (χ0v) is 17.9. The fourth-order valence-corrected chi connectivity index (χ4v) is 4.85. The Morgan fingerprint density at radius 1 is 1.14 bits per heavy atom. The number of H-pyrrole nitrogens is 1. The maximum Gasteiger partial charge on any atom is 0.341 e. The predicted molar refractivity (Wildman–Crippen MR) is 121 cm³/mol. The van der Waals surface area contributed by atoms with Crippen molar-refractivity contribution >= 4 is 34.2 Å². The van der Waals surface area contributed by atoms with Crippen LogP contribution >= 0.6 is 11.8 Å². The van der Waals surface area contributed by atoms with Crippen molar-refractivity contribution in [3.05, 3.63) is 70.4 Å². The fraction of sp³-hybridized carbons (Fsp3) is 0.292. The molecule has 2 N–H and O–H groups in total. The van der Waals surface area contributed by atoms with Gasteiger partial charge in [-0.3, -0.25) is 0 Å². The van der Waals surface area contributed by atoms with Crippen molar-refractivity contribution in [2.24, 2.45) is 0 Å². The topological polar surface area (TPSA) is 54.1 Å². The van der Waals surface area contributed by atoms with Crippen LogP contribution < -0.4 is 5.32 Å². The molecule has 5 heteroatoms. The van der Waals surface area contributed by atoms with Crippen molar-refractivity contribution in [2.45, 2.75) is 32.1 Å². The second kappa shape index (κ2) is 8.47. The third-order valence-corrected chi connectivity index (χ3v) is 6.50. The molecule has 0 spiro atoms. The van der Waals surface area contributed by atoms with Crippen LogP contribution in [-0.2, 0) is 4.74 Å². The molecule has 0 aliphatic carbocycles. The molecular formula is C24H26N2O2S. The number of thioether (sulfide) groups is 1. The van der Waals surface area contributed by atoms with Gasteiger partial charge in [0.05, 0.1) is 5.56 Å². The van der Waals surface area contributed by atoms with Crippen molar-refractivity contribution in [2.75, 3.05) is 19.0 Å². The number of fused-ring (bicyclic) bond motifs is 1. The molecule has 4 nitrogen and oxygen atoms in total. The highest BCUT2D eigenvalue weighted by Crippen LogP contribution is 2.29. The summed E-state index contributed by atoms with van der Waals surface area (Å²) in [7, 11) is 0. The number of esters is 1. The third kappa shape index (κ3) is 4.26. The summed E-state index contributed by atoms with van der Waals surface area (Å²) >= 11 is 1.57. The van der Waals surface area contributed by atoms with Crippen molar-refractivity contribution in [1.29, 1.82) is 0 Å². The van der Waals surface area contributed by atoms with E-state index in [0.29, 0.717) is 11.5 Å². The lowest BCUT2D eigenvalue weighted by Gasteiger charge is -2.14. The Morgan fingerprint density at radius 2 is 1.93 bits per heavy atom. The maximum absolute atomic E-state index is 12.6. The average molecular weight is 407 g/mol. The second-order valence-electron chi connectivity index (χ2n) is 7.57. The highest BCUT2D eigenvalue weighted by molar-refractivity contribution is 7.99. The van der Waals surface area contributed by atoms with E-state index in [0.717, 1.165) is 30.4 Å². The maximum atomic E-state index is 12.6. The van der Waals surface area contributed by atoms with Gasteiger partial charge in [-0.2, -0.15) is 0 Å². The van der Waals surface area contributed by atoms with Crippen LogP contribution in [0.5, 0.6) is 0 Å². The number of aryl methyl sites for hydroxylation is 3. The predicted octanol–water partition coefficient (Wildman–Crippen LogP) is 5.38. The Hall–Kier alpha value is -2.50. The molecule has 1 aliphatic heterocycles. The number of hydrogen-bond donors (Lipinski definition) is 2. The van der Waals surface area contributed by atoms with Crippen molar-refractivity contribution in [1.82, 2.24) is 10.3 Å². The molecule has 4 rings (SSSR count). The van der Waals surface area contributed by atoms with Crippen LogP contribution in [0.25, 0.3) is 16.5 Å². The van der Waals surface area contributed by atoms with Crippen LogP contribution in [0.4, 0.5) is 0 Å². The smallest absolute Gasteiger partial charge is 0.341 e. The monoisotopic (exact) mass is 406 g/mol. The fourth-order valence-electron chi connectivity index (χ4n) is 3.99. The first kappa shape index (κ1) is 19.8. The van der Waals surface area contributed by atoms with Crippen LogP contribution in [0.3, 0.4) is 0 Å². The first-order chi connectivity index (χ1) is 14.0. The molecule has 2 heterocycles. The van der Waals surface area contributed by atoms with E-state index < -0.39 is 0 Å². The number of aromatic nitrogens is 1. The summed E-state index contributed by atoms with van der Waals surface area (Å²) in [5.41, 5.74) is 7.80. The number of ether oxygens (including phenoxy) is 1. The lowest BCUT2D eigenvalue weighted by atomic mass is 9.99. The molecule has 1 aliphatic rings. The number of nitrogens with one attached hydrogen (secondary N) is 2. The molecule has 0 atom stereocenters. The van der Waals surface area contributed by atoms with E-state index in [4.69, 9.17) is 4.74 Å². The molecule has 0 saturated heterocycles. The lowest BCUT2D eigenvalue weighted by molar-refractivity contribution is 0.0581. The highest BCUT2D eigenvalue weighted by atomic mass is 32.2. The Kier molecular flexibility index (Phi) is 5.79. The summed E-state index contributed by atoms with van der Waals surface area (Å²) < 4.78 is 5.57. The molecule has 0 radical (unpaired) electrons. The Labute approximate surface area is 175 Å². The number of aromatic amines is 1. The summed E-state index contributed by atoms with van der Waals surface area (Å²) in [6.45, 7) is 8.20. The summed E-state index contributed by atoms with van der Waals surface area (Å²) in [6.07, 6.45) is 5.01. The standard InChI is InChI=1S/C24H26N2O2S/c1-15-10-16(2)23(17(3)11-15)29-14-28-24(27)21-13-26-22-12-19(4-5-20(21)22)18-6-8-25-9-7-18/h4-6,10-13,25-26H,7-9,14H2,1-3H3. The van der Waals surface area contributed by atoms with E-state index in [1.54, 1.807) is 18.0 Å². The van der Waals surface area contributed by atoms with Gasteiger partial charge in [0.15, 0.2) is 0 Å². The molecule has 150 valence electrons. The van der Waals surface area contributed by atoms with Gasteiger partial charge in [0.25, 0.3) is 0 Å². The van der Waals surface area contributed by atoms with Gasteiger partial charge >= 0.3 is 5.97 Å². The number of rotatable bonds is 5. The number of carbonyl (C=O) groups excluding carboxylic acids is 1. The molecule has 29 heavy (non-hydrogen) atoms. The van der Waals surface area contributed by atoms with Gasteiger partial charge in [0, 0.05) is 28.5 Å². The third-order valence-electron chi connectivity index (χ3n) is 5.33. The number of benzene rings is 2. The Balaban J connectivity index is 1.46. The Bertz CT molecular complexity index is 1070. The molecule has 0 fully saturated rings. The highest BCUT2D eigenvalue weighted by Gasteiger charge is 2.15. The first-order valence-electron chi connectivity index (χ1n) is 9.92. The van der Waals surface area contributed by atoms with Crippen LogP contribution in [0.15, 0.2) is 47.5 Å². The number of carbonyl (C=O) groups is 1. The number of hydrogen-bond acceptors (Lipinski definition) is 4. The molecule has 3 aromatic rings. The van der Waals surface area contributed by atoms with Crippen LogP contribution in [-0.4, -0.2) is 30.0 Å². The first-order valence-corrected chi connectivity index (χ1v) is 10.9. The van der Waals surface area contributed by atoms with Crippen molar-refractivity contribution in [3.8, 4) is 0 Å². The molecule has 0 amide bonds. The summed E-state index contributed by atoms with van der Waals surface area (Å²) in [5.74, 6) is 0.00815. The minimum Gasteiger partial charge on any atom is -0.451 e. The molecule has 0 bridgehead atoms. The van der Waals surface area contributed by atoms with Crippen molar-refractivity contribution < 1.29 is 9.53 Å². The minimum absolute atomic E-state index is 0.292. The van der Waals surface area contributed by atoms with Gasteiger partial charge in [-0.1, -0.05) is 47.7 Å². The molecule has 1 aromatic heterocycles.